The lowest BCUT2D eigenvalue weighted by Gasteiger charge is -2.28. The van der Waals surface area contributed by atoms with Crippen LogP contribution in [0.1, 0.15) is 25.0 Å². The number of hydrogen-bond donors (Lipinski definition) is 0. The molecule has 10 aromatic rings. The van der Waals surface area contributed by atoms with Crippen LogP contribution in [-0.4, -0.2) is 0 Å². The molecule has 0 saturated heterocycles. The molecule has 63 heavy (non-hydrogen) atoms. The van der Waals surface area contributed by atoms with Crippen molar-refractivity contribution in [2.45, 2.75) is 19.3 Å². The molecule has 2 nitrogen and oxygen atoms in total. The molecule has 0 aromatic heterocycles. The summed E-state index contributed by atoms with van der Waals surface area (Å²) in [6, 6.07) is 81.5. The lowest BCUT2D eigenvalue weighted by atomic mass is 9.82. The lowest BCUT2D eigenvalue weighted by molar-refractivity contribution is 0.488. The van der Waals surface area contributed by atoms with Crippen molar-refractivity contribution in [3.63, 3.8) is 0 Å². The standard InChI is InChI=1S/C61H43NO/c1-61(2)56-22-11-9-18-50(56)51-35-33-47(39-57(51)61)62(45-29-24-42(25-30-45)40-14-5-3-6-15-40)46-31-26-43(27-32-46)48-20-13-21-53-49(48)36-37-54-52-19-10-12-23-58(52)63-59-38-44(28-34-55(59)60(53)54)41-16-7-4-8-17-41/h3-39H,1-2H3. The van der Waals surface area contributed by atoms with Crippen LogP contribution in [0.5, 0.6) is 11.5 Å². The summed E-state index contributed by atoms with van der Waals surface area (Å²) in [4.78, 5) is 2.40. The summed E-state index contributed by atoms with van der Waals surface area (Å²) in [7, 11) is 0. The minimum Gasteiger partial charge on any atom is -0.456 e. The summed E-state index contributed by atoms with van der Waals surface area (Å²) in [6.45, 7) is 4.70. The normalized spacial score (nSPS) is 12.9. The van der Waals surface area contributed by atoms with E-state index in [-0.39, 0.29) is 5.41 Å². The Bertz CT molecular complexity index is 3370. The van der Waals surface area contributed by atoms with Gasteiger partial charge < -0.3 is 9.64 Å². The summed E-state index contributed by atoms with van der Waals surface area (Å²) in [5, 5.41) is 2.40. The third-order valence-corrected chi connectivity index (χ3v) is 13.3. The fourth-order valence-corrected chi connectivity index (χ4v) is 10.1. The highest BCUT2D eigenvalue weighted by atomic mass is 16.5. The zero-order valence-corrected chi connectivity index (χ0v) is 35.2. The molecule has 0 bridgehead atoms. The van der Waals surface area contributed by atoms with Gasteiger partial charge in [0, 0.05) is 39.2 Å². The summed E-state index contributed by atoms with van der Waals surface area (Å²) in [5.41, 5.74) is 20.2. The predicted octanol–water partition coefficient (Wildman–Crippen LogP) is 17.1. The van der Waals surface area contributed by atoms with Gasteiger partial charge in [0.05, 0.1) is 0 Å². The van der Waals surface area contributed by atoms with E-state index in [9.17, 15) is 0 Å². The van der Waals surface area contributed by atoms with E-state index in [1.807, 2.05) is 0 Å². The number of nitrogens with zero attached hydrogens (tertiary/aromatic N) is 1. The van der Waals surface area contributed by atoms with E-state index >= 15 is 0 Å². The molecule has 0 N–H and O–H groups in total. The number of hydrogen-bond acceptors (Lipinski definition) is 2. The highest BCUT2D eigenvalue weighted by molar-refractivity contribution is 6.11. The van der Waals surface area contributed by atoms with Gasteiger partial charge in [0.1, 0.15) is 11.5 Å². The first-order valence-corrected chi connectivity index (χ1v) is 21.8. The molecule has 0 atom stereocenters. The third kappa shape index (κ3) is 6.09. The molecule has 1 aliphatic carbocycles. The number of ether oxygens (including phenoxy) is 1. The van der Waals surface area contributed by atoms with Crippen molar-refractivity contribution in [3.8, 4) is 78.3 Å². The average molecular weight is 806 g/mol. The summed E-state index contributed by atoms with van der Waals surface area (Å²) in [6.07, 6.45) is 0. The Labute approximate surface area is 369 Å². The molecule has 2 aliphatic rings. The van der Waals surface area contributed by atoms with Crippen LogP contribution < -0.4 is 9.64 Å². The number of benzene rings is 10. The second-order valence-electron chi connectivity index (χ2n) is 17.3. The maximum Gasteiger partial charge on any atom is 0.135 e. The van der Waals surface area contributed by atoms with Crippen molar-refractivity contribution in [3.05, 3.63) is 236 Å². The number of fused-ring (bicyclic) bond motifs is 10. The Morgan fingerprint density at radius 1 is 0.317 bits per heavy atom. The van der Waals surface area contributed by atoms with Gasteiger partial charge in [-0.1, -0.05) is 184 Å². The third-order valence-electron chi connectivity index (χ3n) is 13.3. The molecule has 10 aromatic carbocycles. The van der Waals surface area contributed by atoms with E-state index < -0.39 is 0 Å². The van der Waals surface area contributed by atoms with Crippen molar-refractivity contribution < 1.29 is 4.74 Å². The minimum atomic E-state index is -0.111. The highest BCUT2D eigenvalue weighted by Crippen LogP contribution is 2.53. The van der Waals surface area contributed by atoms with Crippen molar-refractivity contribution in [1.82, 2.24) is 0 Å². The quantitative estimate of drug-likeness (QED) is 0.166. The monoisotopic (exact) mass is 805 g/mol. The number of anilines is 3. The molecule has 0 radical (unpaired) electrons. The van der Waals surface area contributed by atoms with Crippen molar-refractivity contribution in [2.24, 2.45) is 0 Å². The number of para-hydroxylation sites is 1. The smallest absolute Gasteiger partial charge is 0.135 e. The van der Waals surface area contributed by atoms with Gasteiger partial charge in [-0.2, -0.15) is 0 Å². The first kappa shape index (κ1) is 36.9. The number of rotatable bonds is 6. The predicted molar refractivity (Wildman–Crippen MR) is 263 cm³/mol. The Morgan fingerprint density at radius 2 is 0.857 bits per heavy atom. The van der Waals surface area contributed by atoms with Gasteiger partial charge in [0.15, 0.2) is 0 Å². The Kier molecular flexibility index (Phi) is 8.55. The van der Waals surface area contributed by atoms with Gasteiger partial charge in [-0.15, -0.1) is 0 Å². The van der Waals surface area contributed by atoms with Crippen LogP contribution in [0.15, 0.2) is 224 Å². The molecule has 2 heteroatoms. The molecule has 1 heterocycles. The van der Waals surface area contributed by atoms with Gasteiger partial charge in [-0.05, 0) is 127 Å². The molecule has 1 aliphatic heterocycles. The second-order valence-corrected chi connectivity index (χ2v) is 17.3. The maximum absolute atomic E-state index is 6.80. The van der Waals surface area contributed by atoms with Gasteiger partial charge >= 0.3 is 0 Å². The van der Waals surface area contributed by atoms with E-state index in [4.69, 9.17) is 4.74 Å². The molecule has 0 fully saturated rings. The van der Waals surface area contributed by atoms with Crippen LogP contribution in [0.2, 0.25) is 0 Å². The summed E-state index contributed by atoms with van der Waals surface area (Å²) in [5.74, 6) is 1.73. The first-order valence-electron chi connectivity index (χ1n) is 21.8. The van der Waals surface area contributed by atoms with Gasteiger partial charge in [0.25, 0.3) is 0 Å². The highest BCUT2D eigenvalue weighted by Gasteiger charge is 2.36. The Hall–Kier alpha value is -7.94. The van der Waals surface area contributed by atoms with Crippen molar-refractivity contribution >= 4 is 27.8 Å². The van der Waals surface area contributed by atoms with E-state index in [0.29, 0.717) is 0 Å². The fraction of sp³-hybridized carbons (Fsp3) is 0.0492. The molecule has 298 valence electrons. The fourth-order valence-electron chi connectivity index (χ4n) is 10.1. The topological polar surface area (TPSA) is 12.5 Å². The first-order chi connectivity index (χ1) is 31.0. The average Bonchev–Trinajstić information content (AvgIpc) is 3.47. The zero-order valence-electron chi connectivity index (χ0n) is 35.2. The lowest BCUT2D eigenvalue weighted by Crippen LogP contribution is -2.16. The molecule has 0 unspecified atom stereocenters. The second kappa shape index (κ2) is 14.6. The molecule has 0 spiro atoms. The van der Waals surface area contributed by atoms with Crippen LogP contribution in [0, 0.1) is 0 Å². The van der Waals surface area contributed by atoms with Crippen LogP contribution in [0.25, 0.3) is 77.5 Å². The van der Waals surface area contributed by atoms with Crippen LogP contribution in [0.3, 0.4) is 0 Å². The largest absolute Gasteiger partial charge is 0.456 e. The maximum atomic E-state index is 6.80. The van der Waals surface area contributed by atoms with E-state index in [2.05, 4.69) is 243 Å². The molecular weight excluding hydrogens is 763 g/mol. The van der Waals surface area contributed by atoms with Crippen molar-refractivity contribution in [2.75, 3.05) is 4.90 Å². The SMILES string of the molecule is CC1(C)c2ccccc2-c2ccc(N(c3ccc(-c4ccccc4)cc3)c3ccc(-c4cccc5c6c(ccc45)-c4ccccc4Oc4cc(-c5ccccc5)ccc4-6)cc3)cc21. The molecule has 0 saturated carbocycles. The van der Waals surface area contributed by atoms with Gasteiger partial charge in [-0.25, -0.2) is 0 Å². The van der Waals surface area contributed by atoms with Crippen LogP contribution >= 0.6 is 0 Å². The van der Waals surface area contributed by atoms with Gasteiger partial charge in [-0.3, -0.25) is 0 Å². The Balaban J connectivity index is 0.975. The summed E-state index contributed by atoms with van der Waals surface area (Å²) < 4.78 is 6.80. The Morgan fingerprint density at radius 3 is 1.60 bits per heavy atom. The summed E-state index contributed by atoms with van der Waals surface area (Å²) >= 11 is 0. The van der Waals surface area contributed by atoms with Gasteiger partial charge in [0.2, 0.25) is 0 Å². The van der Waals surface area contributed by atoms with E-state index in [0.717, 1.165) is 45.3 Å². The van der Waals surface area contributed by atoms with E-state index in [1.165, 1.54) is 72.0 Å². The van der Waals surface area contributed by atoms with Crippen LogP contribution in [-0.2, 0) is 5.41 Å². The van der Waals surface area contributed by atoms with E-state index in [1.54, 1.807) is 0 Å². The zero-order chi connectivity index (χ0) is 42.1. The molecule has 0 amide bonds. The van der Waals surface area contributed by atoms with Crippen LogP contribution in [0.4, 0.5) is 17.1 Å². The molecular formula is C61H43NO. The van der Waals surface area contributed by atoms with Crippen molar-refractivity contribution in [1.29, 1.82) is 0 Å². The molecule has 12 rings (SSSR count). The minimum absolute atomic E-state index is 0.111.